The molecule has 0 fully saturated rings. The SMILES string of the molecule is Cc1ncsc1C(=O)Nc1ccc(C(=O)N2CC(=O)Nc3ccccc32)cc1. The number of thiazole rings is 1. The molecule has 1 aliphatic rings. The van der Waals surface area contributed by atoms with Crippen LogP contribution in [0, 0.1) is 6.92 Å². The van der Waals surface area contributed by atoms with Crippen molar-refractivity contribution in [2.75, 3.05) is 22.1 Å². The Morgan fingerprint density at radius 2 is 1.89 bits per heavy atom. The number of benzene rings is 2. The number of nitrogens with one attached hydrogen (secondary N) is 2. The van der Waals surface area contributed by atoms with Gasteiger partial charge in [0.05, 0.1) is 22.6 Å². The maximum absolute atomic E-state index is 12.9. The monoisotopic (exact) mass is 392 g/mol. The lowest BCUT2D eigenvalue weighted by Crippen LogP contribution is -2.42. The fourth-order valence-electron chi connectivity index (χ4n) is 2.97. The van der Waals surface area contributed by atoms with Crippen molar-refractivity contribution in [3.63, 3.8) is 0 Å². The zero-order valence-corrected chi connectivity index (χ0v) is 15.7. The van der Waals surface area contributed by atoms with Crippen LogP contribution < -0.4 is 15.5 Å². The van der Waals surface area contributed by atoms with Crippen molar-refractivity contribution in [3.8, 4) is 0 Å². The van der Waals surface area contributed by atoms with Gasteiger partial charge >= 0.3 is 0 Å². The van der Waals surface area contributed by atoms with Gasteiger partial charge in [0.25, 0.3) is 11.8 Å². The van der Waals surface area contributed by atoms with E-state index in [4.69, 9.17) is 0 Å². The van der Waals surface area contributed by atoms with Gasteiger partial charge in [0.2, 0.25) is 5.91 Å². The number of para-hydroxylation sites is 2. The van der Waals surface area contributed by atoms with E-state index in [1.807, 2.05) is 6.07 Å². The molecule has 0 radical (unpaired) electrons. The molecule has 7 nitrogen and oxygen atoms in total. The summed E-state index contributed by atoms with van der Waals surface area (Å²) in [5, 5.41) is 5.56. The van der Waals surface area contributed by atoms with Gasteiger partial charge in [-0.2, -0.15) is 0 Å². The Bertz CT molecular complexity index is 1080. The lowest BCUT2D eigenvalue weighted by Gasteiger charge is -2.29. The van der Waals surface area contributed by atoms with Crippen LogP contribution in [0.1, 0.15) is 25.7 Å². The molecule has 0 bridgehead atoms. The van der Waals surface area contributed by atoms with Crippen molar-refractivity contribution >= 4 is 46.1 Å². The Morgan fingerprint density at radius 1 is 1.14 bits per heavy atom. The van der Waals surface area contributed by atoms with Gasteiger partial charge in [-0.25, -0.2) is 4.98 Å². The smallest absolute Gasteiger partial charge is 0.267 e. The quantitative estimate of drug-likeness (QED) is 0.715. The van der Waals surface area contributed by atoms with Crippen molar-refractivity contribution in [3.05, 3.63) is 70.2 Å². The minimum Gasteiger partial charge on any atom is -0.323 e. The van der Waals surface area contributed by atoms with Gasteiger partial charge in [0.1, 0.15) is 11.4 Å². The second-order valence-corrected chi connectivity index (χ2v) is 7.11. The standard InChI is InChI=1S/C20H16N4O3S/c1-12-18(28-11-21-12)19(26)22-14-8-6-13(7-9-14)20(27)24-10-17(25)23-15-4-2-3-5-16(15)24/h2-9,11H,10H2,1H3,(H,22,26)(H,23,25). The largest absolute Gasteiger partial charge is 0.323 e. The number of hydrogen-bond donors (Lipinski definition) is 2. The molecule has 0 saturated heterocycles. The molecule has 28 heavy (non-hydrogen) atoms. The molecule has 3 aromatic rings. The second-order valence-electron chi connectivity index (χ2n) is 6.25. The Morgan fingerprint density at radius 3 is 2.61 bits per heavy atom. The van der Waals surface area contributed by atoms with E-state index in [1.54, 1.807) is 54.9 Å². The van der Waals surface area contributed by atoms with Gasteiger partial charge < -0.3 is 10.6 Å². The number of hydrogen-bond acceptors (Lipinski definition) is 5. The minimum atomic E-state index is -0.279. The van der Waals surface area contributed by atoms with Gasteiger partial charge in [-0.05, 0) is 43.3 Å². The lowest BCUT2D eigenvalue weighted by molar-refractivity contribution is -0.115. The normalized spacial score (nSPS) is 12.9. The van der Waals surface area contributed by atoms with Crippen LogP contribution in [-0.2, 0) is 4.79 Å². The fraction of sp³-hybridized carbons (Fsp3) is 0.100. The molecule has 0 aliphatic carbocycles. The van der Waals surface area contributed by atoms with Gasteiger partial charge in [-0.3, -0.25) is 19.3 Å². The first-order chi connectivity index (χ1) is 13.5. The van der Waals surface area contributed by atoms with E-state index in [1.165, 1.54) is 16.2 Å². The highest BCUT2D eigenvalue weighted by atomic mass is 32.1. The Balaban J connectivity index is 1.53. The van der Waals surface area contributed by atoms with Crippen LogP contribution in [0.25, 0.3) is 0 Å². The number of carbonyl (C=O) groups excluding carboxylic acids is 3. The van der Waals surface area contributed by atoms with Crippen molar-refractivity contribution in [2.45, 2.75) is 6.92 Å². The molecule has 0 unspecified atom stereocenters. The Kier molecular flexibility index (Phi) is 4.62. The minimum absolute atomic E-state index is 0.0427. The van der Waals surface area contributed by atoms with Crippen LogP contribution in [-0.4, -0.2) is 29.3 Å². The molecule has 2 aromatic carbocycles. The van der Waals surface area contributed by atoms with Crippen LogP contribution in [0.3, 0.4) is 0 Å². The van der Waals surface area contributed by atoms with E-state index >= 15 is 0 Å². The van der Waals surface area contributed by atoms with Crippen molar-refractivity contribution in [1.29, 1.82) is 0 Å². The van der Waals surface area contributed by atoms with E-state index in [0.29, 0.717) is 33.2 Å². The molecular formula is C20H16N4O3S. The summed E-state index contributed by atoms with van der Waals surface area (Å²) in [6.07, 6.45) is 0. The first kappa shape index (κ1) is 17.9. The zero-order chi connectivity index (χ0) is 19.7. The van der Waals surface area contributed by atoms with E-state index in [0.717, 1.165) is 0 Å². The summed E-state index contributed by atoms with van der Waals surface area (Å²) in [5.74, 6) is -0.755. The fourth-order valence-corrected chi connectivity index (χ4v) is 3.67. The van der Waals surface area contributed by atoms with Crippen LogP contribution in [0.4, 0.5) is 17.1 Å². The molecule has 4 rings (SSSR count). The van der Waals surface area contributed by atoms with Gasteiger partial charge in [-0.1, -0.05) is 12.1 Å². The van der Waals surface area contributed by atoms with Crippen molar-refractivity contribution in [2.24, 2.45) is 0 Å². The molecular weight excluding hydrogens is 376 g/mol. The lowest BCUT2D eigenvalue weighted by atomic mass is 10.1. The predicted molar refractivity (Wildman–Crippen MR) is 108 cm³/mol. The zero-order valence-electron chi connectivity index (χ0n) is 14.9. The average molecular weight is 392 g/mol. The summed E-state index contributed by atoms with van der Waals surface area (Å²) in [7, 11) is 0. The van der Waals surface area contributed by atoms with E-state index in [2.05, 4.69) is 15.6 Å². The number of fused-ring (bicyclic) bond motifs is 1. The van der Waals surface area contributed by atoms with Gasteiger partial charge in [-0.15, -0.1) is 11.3 Å². The van der Waals surface area contributed by atoms with Crippen molar-refractivity contribution < 1.29 is 14.4 Å². The summed E-state index contributed by atoms with van der Waals surface area (Å²) in [5.41, 5.74) is 4.57. The first-order valence-electron chi connectivity index (χ1n) is 8.55. The molecule has 8 heteroatoms. The highest BCUT2D eigenvalue weighted by molar-refractivity contribution is 7.12. The van der Waals surface area contributed by atoms with Crippen molar-refractivity contribution in [1.82, 2.24) is 4.98 Å². The van der Waals surface area contributed by atoms with E-state index in [9.17, 15) is 14.4 Å². The third kappa shape index (κ3) is 3.37. The number of aromatic nitrogens is 1. The summed E-state index contributed by atoms with van der Waals surface area (Å²) in [6, 6.07) is 13.8. The number of amides is 3. The van der Waals surface area contributed by atoms with Crippen LogP contribution >= 0.6 is 11.3 Å². The predicted octanol–water partition coefficient (Wildman–Crippen LogP) is 3.30. The Hall–Kier alpha value is -3.52. The molecule has 1 aromatic heterocycles. The van der Waals surface area contributed by atoms with Gasteiger partial charge in [0, 0.05) is 11.3 Å². The third-order valence-corrected chi connectivity index (χ3v) is 5.28. The number of anilines is 3. The Labute approximate surface area is 165 Å². The van der Waals surface area contributed by atoms with Gasteiger partial charge in [0.15, 0.2) is 0 Å². The number of carbonyl (C=O) groups is 3. The number of rotatable bonds is 3. The molecule has 140 valence electrons. The highest BCUT2D eigenvalue weighted by Gasteiger charge is 2.27. The molecule has 2 N–H and O–H groups in total. The summed E-state index contributed by atoms with van der Waals surface area (Å²) >= 11 is 1.28. The van der Waals surface area contributed by atoms with Crippen LogP contribution in [0.15, 0.2) is 54.0 Å². The number of nitrogens with zero attached hydrogens (tertiary/aromatic N) is 2. The number of aryl methyl sites for hydroxylation is 1. The summed E-state index contributed by atoms with van der Waals surface area (Å²) < 4.78 is 0. The maximum Gasteiger partial charge on any atom is 0.267 e. The second kappa shape index (κ2) is 7.24. The summed E-state index contributed by atoms with van der Waals surface area (Å²) in [4.78, 5) is 43.2. The average Bonchev–Trinajstić information content (AvgIpc) is 3.13. The van der Waals surface area contributed by atoms with Crippen LogP contribution in [0.2, 0.25) is 0 Å². The summed E-state index contributed by atoms with van der Waals surface area (Å²) in [6.45, 7) is 1.73. The molecule has 3 amide bonds. The molecule has 2 heterocycles. The molecule has 0 spiro atoms. The molecule has 0 atom stereocenters. The molecule has 1 aliphatic heterocycles. The van der Waals surface area contributed by atoms with Crippen LogP contribution in [0.5, 0.6) is 0 Å². The highest BCUT2D eigenvalue weighted by Crippen LogP contribution is 2.30. The van der Waals surface area contributed by atoms with E-state index < -0.39 is 0 Å². The first-order valence-corrected chi connectivity index (χ1v) is 9.43. The topological polar surface area (TPSA) is 91.4 Å². The van der Waals surface area contributed by atoms with E-state index in [-0.39, 0.29) is 24.3 Å². The third-order valence-electron chi connectivity index (χ3n) is 4.36. The maximum atomic E-state index is 12.9. The molecule has 0 saturated carbocycles.